The van der Waals surface area contributed by atoms with Gasteiger partial charge in [0.1, 0.15) is 4.90 Å². The molecule has 1 aliphatic rings. The number of benzene rings is 1. The lowest BCUT2D eigenvalue weighted by Crippen LogP contribution is -2.42. The van der Waals surface area contributed by atoms with Crippen LogP contribution in [0.3, 0.4) is 0 Å². The Hall–Kier alpha value is -1.11. The standard InChI is InChI=1S/C16H23ClN2O3S/c1-4-16(2,3)18-15(20)12-7-8-13(17)14(11-12)23(21,22)19-9-5-6-10-19/h7-8,11H,4-6,9-10H2,1-3H3,(H,18,20). The Labute approximate surface area is 143 Å². The van der Waals surface area contributed by atoms with Gasteiger partial charge in [-0.05, 0) is 51.3 Å². The van der Waals surface area contributed by atoms with Crippen molar-refractivity contribution < 1.29 is 13.2 Å². The van der Waals surface area contributed by atoms with Gasteiger partial charge in [0.2, 0.25) is 10.0 Å². The van der Waals surface area contributed by atoms with Gasteiger partial charge >= 0.3 is 0 Å². The minimum Gasteiger partial charge on any atom is -0.347 e. The van der Waals surface area contributed by atoms with E-state index in [1.807, 2.05) is 20.8 Å². The molecule has 0 bridgehead atoms. The van der Waals surface area contributed by atoms with Crippen LogP contribution in [-0.4, -0.2) is 37.3 Å². The third-order valence-electron chi connectivity index (χ3n) is 4.21. The van der Waals surface area contributed by atoms with E-state index in [4.69, 9.17) is 11.6 Å². The van der Waals surface area contributed by atoms with E-state index in [2.05, 4.69) is 5.32 Å². The van der Waals surface area contributed by atoms with Gasteiger partial charge in [-0.25, -0.2) is 8.42 Å². The van der Waals surface area contributed by atoms with Crippen LogP contribution >= 0.6 is 11.6 Å². The molecule has 1 heterocycles. The van der Waals surface area contributed by atoms with Crippen molar-refractivity contribution in [2.45, 2.75) is 50.5 Å². The topological polar surface area (TPSA) is 66.5 Å². The molecule has 7 heteroatoms. The van der Waals surface area contributed by atoms with E-state index in [9.17, 15) is 13.2 Å². The maximum Gasteiger partial charge on any atom is 0.251 e. The van der Waals surface area contributed by atoms with Crippen LogP contribution in [0.5, 0.6) is 0 Å². The molecule has 1 aliphatic heterocycles. The highest BCUT2D eigenvalue weighted by atomic mass is 35.5. The van der Waals surface area contributed by atoms with Gasteiger partial charge in [-0.3, -0.25) is 4.79 Å². The summed E-state index contributed by atoms with van der Waals surface area (Å²) in [5.41, 5.74) is -0.0567. The molecule has 2 rings (SSSR count). The first-order chi connectivity index (χ1) is 10.7. The van der Waals surface area contributed by atoms with Crippen molar-refractivity contribution in [3.63, 3.8) is 0 Å². The van der Waals surface area contributed by atoms with Gasteiger partial charge in [-0.1, -0.05) is 18.5 Å². The van der Waals surface area contributed by atoms with Crippen LogP contribution in [0.4, 0.5) is 0 Å². The Morgan fingerprint density at radius 3 is 2.48 bits per heavy atom. The Morgan fingerprint density at radius 2 is 1.91 bits per heavy atom. The lowest BCUT2D eigenvalue weighted by atomic mass is 10.0. The van der Waals surface area contributed by atoms with Gasteiger partial charge in [0.15, 0.2) is 0 Å². The Bertz CT molecular complexity index is 695. The third kappa shape index (κ3) is 4.05. The highest BCUT2D eigenvalue weighted by molar-refractivity contribution is 7.89. The quantitative estimate of drug-likeness (QED) is 0.879. The molecule has 0 spiro atoms. The van der Waals surface area contributed by atoms with Gasteiger partial charge in [-0.15, -0.1) is 0 Å². The Kier molecular flexibility index (Phi) is 5.38. The minimum absolute atomic E-state index is 0.00280. The van der Waals surface area contributed by atoms with Crippen LogP contribution in [0.25, 0.3) is 0 Å². The van der Waals surface area contributed by atoms with Crippen molar-refractivity contribution in [1.82, 2.24) is 9.62 Å². The van der Waals surface area contributed by atoms with Gasteiger partial charge in [0.05, 0.1) is 5.02 Å². The van der Waals surface area contributed by atoms with Crippen molar-refractivity contribution in [3.8, 4) is 0 Å². The summed E-state index contributed by atoms with van der Waals surface area (Å²) in [7, 11) is -3.65. The molecular weight excluding hydrogens is 336 g/mol. The second-order valence-corrected chi connectivity index (χ2v) is 8.76. The summed E-state index contributed by atoms with van der Waals surface area (Å²) < 4.78 is 26.8. The van der Waals surface area contributed by atoms with E-state index in [0.717, 1.165) is 19.3 Å². The lowest BCUT2D eigenvalue weighted by molar-refractivity contribution is 0.0911. The molecule has 0 radical (unpaired) electrons. The number of hydrogen-bond donors (Lipinski definition) is 1. The molecule has 0 saturated carbocycles. The number of carbonyl (C=O) groups excluding carboxylic acids is 1. The molecule has 1 aromatic carbocycles. The van der Waals surface area contributed by atoms with Gasteiger partial charge < -0.3 is 5.32 Å². The first-order valence-corrected chi connectivity index (χ1v) is 9.61. The zero-order chi connectivity index (χ0) is 17.3. The summed E-state index contributed by atoms with van der Waals surface area (Å²) in [5.74, 6) is -0.300. The second-order valence-electron chi connectivity index (χ2n) is 6.45. The van der Waals surface area contributed by atoms with Gasteiger partial charge in [-0.2, -0.15) is 4.31 Å². The van der Waals surface area contributed by atoms with Gasteiger partial charge in [0, 0.05) is 24.2 Å². The average Bonchev–Trinajstić information content (AvgIpc) is 3.02. The Morgan fingerprint density at radius 1 is 1.30 bits per heavy atom. The zero-order valence-corrected chi connectivity index (χ0v) is 15.3. The summed E-state index contributed by atoms with van der Waals surface area (Å²) in [4.78, 5) is 12.4. The molecular formula is C16H23ClN2O3S. The van der Waals surface area contributed by atoms with Crippen molar-refractivity contribution in [2.24, 2.45) is 0 Å². The maximum absolute atomic E-state index is 12.7. The summed E-state index contributed by atoms with van der Waals surface area (Å²) in [6, 6.07) is 4.39. The minimum atomic E-state index is -3.65. The van der Waals surface area contributed by atoms with Crippen LogP contribution in [0.1, 0.15) is 50.4 Å². The molecule has 1 amide bonds. The van der Waals surface area contributed by atoms with Crippen LogP contribution < -0.4 is 5.32 Å². The number of hydrogen-bond acceptors (Lipinski definition) is 3. The van der Waals surface area contributed by atoms with Crippen LogP contribution in [-0.2, 0) is 10.0 Å². The fourth-order valence-corrected chi connectivity index (χ4v) is 4.40. The summed E-state index contributed by atoms with van der Waals surface area (Å²) in [5, 5.41) is 3.04. The van der Waals surface area contributed by atoms with E-state index < -0.39 is 10.0 Å². The predicted octanol–water partition coefficient (Wildman–Crippen LogP) is 3.04. The monoisotopic (exact) mass is 358 g/mol. The molecule has 23 heavy (non-hydrogen) atoms. The SMILES string of the molecule is CCC(C)(C)NC(=O)c1ccc(Cl)c(S(=O)(=O)N2CCCC2)c1. The molecule has 1 aromatic rings. The van der Waals surface area contributed by atoms with E-state index in [1.54, 1.807) is 6.07 Å². The van der Waals surface area contributed by atoms with Gasteiger partial charge in [0.25, 0.3) is 5.91 Å². The maximum atomic E-state index is 12.7. The number of halogens is 1. The molecule has 0 aliphatic carbocycles. The molecule has 128 valence electrons. The molecule has 5 nitrogen and oxygen atoms in total. The normalized spacial score (nSPS) is 16.5. The number of rotatable bonds is 5. The molecule has 0 atom stereocenters. The van der Waals surface area contributed by atoms with Crippen molar-refractivity contribution in [2.75, 3.05) is 13.1 Å². The highest BCUT2D eigenvalue weighted by Gasteiger charge is 2.30. The summed E-state index contributed by atoms with van der Waals surface area (Å²) in [6.45, 7) is 6.81. The van der Waals surface area contributed by atoms with Crippen LogP contribution in [0.2, 0.25) is 5.02 Å². The molecule has 1 N–H and O–H groups in total. The lowest BCUT2D eigenvalue weighted by Gasteiger charge is -2.24. The number of nitrogens with one attached hydrogen (secondary N) is 1. The summed E-state index contributed by atoms with van der Waals surface area (Å²) >= 11 is 6.09. The summed E-state index contributed by atoms with van der Waals surface area (Å²) in [6.07, 6.45) is 2.47. The molecule has 1 saturated heterocycles. The van der Waals surface area contributed by atoms with E-state index in [1.165, 1.54) is 16.4 Å². The van der Waals surface area contributed by atoms with Crippen molar-refractivity contribution in [3.05, 3.63) is 28.8 Å². The average molecular weight is 359 g/mol. The number of amides is 1. The van der Waals surface area contributed by atoms with E-state index >= 15 is 0 Å². The molecule has 1 fully saturated rings. The van der Waals surface area contributed by atoms with Crippen LogP contribution in [0, 0.1) is 0 Å². The fraction of sp³-hybridized carbons (Fsp3) is 0.562. The third-order valence-corrected chi connectivity index (χ3v) is 6.59. The highest BCUT2D eigenvalue weighted by Crippen LogP contribution is 2.28. The molecule has 0 unspecified atom stereocenters. The first-order valence-electron chi connectivity index (χ1n) is 7.79. The smallest absolute Gasteiger partial charge is 0.251 e. The van der Waals surface area contributed by atoms with Crippen LogP contribution in [0.15, 0.2) is 23.1 Å². The Balaban J connectivity index is 2.34. The van der Waals surface area contributed by atoms with E-state index in [0.29, 0.717) is 18.7 Å². The molecule has 0 aromatic heterocycles. The van der Waals surface area contributed by atoms with E-state index in [-0.39, 0.29) is 21.4 Å². The largest absolute Gasteiger partial charge is 0.347 e. The number of nitrogens with zero attached hydrogens (tertiary/aromatic N) is 1. The predicted molar refractivity (Wildman–Crippen MR) is 91.3 cm³/mol. The number of carbonyl (C=O) groups is 1. The second kappa shape index (κ2) is 6.79. The van der Waals surface area contributed by atoms with Crippen molar-refractivity contribution in [1.29, 1.82) is 0 Å². The van der Waals surface area contributed by atoms with Crippen molar-refractivity contribution >= 4 is 27.5 Å². The zero-order valence-electron chi connectivity index (χ0n) is 13.7. The first kappa shape index (κ1) is 18.2. The fourth-order valence-electron chi connectivity index (χ4n) is 2.38. The number of sulfonamides is 1.